The second kappa shape index (κ2) is 10.6. The predicted octanol–water partition coefficient (Wildman–Crippen LogP) is 5.36. The van der Waals surface area contributed by atoms with E-state index < -0.39 is 26.4 Å². The number of H-pyrrole nitrogens is 2. The van der Waals surface area contributed by atoms with Crippen LogP contribution in [0.15, 0.2) is 67.4 Å². The molecule has 1 atom stereocenters. The maximum Gasteiger partial charge on any atom is 0.229 e. The molecule has 1 aromatic carbocycles. The lowest BCUT2D eigenvalue weighted by Gasteiger charge is -2.17. The summed E-state index contributed by atoms with van der Waals surface area (Å²) in [4.78, 5) is 29.0. The van der Waals surface area contributed by atoms with Gasteiger partial charge >= 0.3 is 0 Å². The highest BCUT2D eigenvalue weighted by molar-refractivity contribution is 7.90. The number of halogens is 1. The van der Waals surface area contributed by atoms with Gasteiger partial charge in [-0.2, -0.15) is 5.10 Å². The first-order chi connectivity index (χ1) is 20.8. The van der Waals surface area contributed by atoms with Gasteiger partial charge in [0.25, 0.3) is 0 Å². The van der Waals surface area contributed by atoms with Crippen molar-refractivity contribution < 1.29 is 17.6 Å². The minimum absolute atomic E-state index is 0.123. The topological polar surface area (TPSA) is 172 Å². The number of amides is 1. The van der Waals surface area contributed by atoms with Gasteiger partial charge in [-0.1, -0.05) is 20.8 Å². The van der Waals surface area contributed by atoms with Crippen LogP contribution in [0.3, 0.4) is 0 Å². The Hall–Kier alpha value is -5.01. The fraction of sp³-hybridized carbons (Fsp3) is 0.194. The number of aromatic nitrogens is 6. The number of nitrogens with two attached hydrogens (primary N) is 1. The molecule has 5 aromatic heterocycles. The van der Waals surface area contributed by atoms with Crippen molar-refractivity contribution in [2.45, 2.75) is 26.1 Å². The molecule has 0 fully saturated rings. The lowest BCUT2D eigenvalue weighted by atomic mass is 9.95. The molecule has 0 saturated carbocycles. The lowest BCUT2D eigenvalue weighted by Crippen LogP contribution is -2.27. The third kappa shape index (κ3) is 5.54. The number of sulfone groups is 1. The van der Waals surface area contributed by atoms with E-state index in [1.165, 1.54) is 6.07 Å². The van der Waals surface area contributed by atoms with Gasteiger partial charge < -0.3 is 16.0 Å². The second-order valence-electron chi connectivity index (χ2n) is 11.7. The molecule has 0 saturated heterocycles. The number of hydrogen-bond donors (Lipinski definition) is 4. The summed E-state index contributed by atoms with van der Waals surface area (Å²) in [5, 5.41) is 10.4. The van der Waals surface area contributed by atoms with Crippen LogP contribution in [-0.4, -0.2) is 50.7 Å². The molecule has 1 unspecified atom stereocenters. The fourth-order valence-corrected chi connectivity index (χ4v) is 5.47. The number of aromatic amines is 2. The van der Waals surface area contributed by atoms with Crippen molar-refractivity contribution in [1.29, 1.82) is 0 Å². The molecular formula is C31H29FN8O3S. The maximum absolute atomic E-state index is 14.7. The molecule has 0 aliphatic carbocycles. The van der Waals surface area contributed by atoms with Crippen molar-refractivity contribution in [3.05, 3.63) is 78.8 Å². The number of carbonyl (C=O) groups is 1. The van der Waals surface area contributed by atoms with Crippen LogP contribution in [0.2, 0.25) is 0 Å². The highest BCUT2D eigenvalue weighted by Crippen LogP contribution is 2.35. The average Bonchev–Trinajstić information content (AvgIpc) is 3.59. The summed E-state index contributed by atoms with van der Waals surface area (Å²) < 4.78 is 38.8. The first kappa shape index (κ1) is 29.1. The van der Waals surface area contributed by atoms with Gasteiger partial charge in [-0.15, -0.1) is 0 Å². The number of hydrogen-bond acceptors (Lipinski definition) is 8. The number of anilines is 1. The zero-order valence-electron chi connectivity index (χ0n) is 24.3. The standard InChI is InChI=1S/C31H29FN8O3S/c1-31(2,3)30(41)37-21-8-18(11-34-13-21)19-9-23-27(39-40-29(23)36-12-19)25-10-22-24(14-35-15-26(22)38-25)16-5-17(7-20(32)6-16)28(33)44(4,42)43/h5-15,28,38H,33H2,1-4H3,(H,37,41)(H,36,39,40). The predicted molar refractivity (Wildman–Crippen MR) is 167 cm³/mol. The molecule has 0 spiro atoms. The van der Waals surface area contributed by atoms with E-state index >= 15 is 0 Å². The van der Waals surface area contributed by atoms with E-state index in [1.807, 2.05) is 39.0 Å². The van der Waals surface area contributed by atoms with Crippen molar-refractivity contribution in [2.75, 3.05) is 11.6 Å². The van der Waals surface area contributed by atoms with Crippen LogP contribution < -0.4 is 11.1 Å². The quantitative estimate of drug-likeness (QED) is 0.195. The number of nitrogens with one attached hydrogen (secondary N) is 3. The van der Waals surface area contributed by atoms with Crippen molar-refractivity contribution in [1.82, 2.24) is 30.1 Å². The molecule has 0 bridgehead atoms. The minimum atomic E-state index is -3.65. The van der Waals surface area contributed by atoms with E-state index in [0.29, 0.717) is 39.4 Å². The van der Waals surface area contributed by atoms with Gasteiger partial charge in [-0.05, 0) is 47.5 Å². The monoisotopic (exact) mass is 612 g/mol. The minimum Gasteiger partial charge on any atom is -0.352 e. The molecule has 11 nitrogen and oxygen atoms in total. The van der Waals surface area contributed by atoms with Crippen molar-refractivity contribution in [3.63, 3.8) is 0 Å². The van der Waals surface area contributed by atoms with Gasteiger partial charge in [0.2, 0.25) is 5.91 Å². The van der Waals surface area contributed by atoms with Crippen LogP contribution in [-0.2, 0) is 14.6 Å². The van der Waals surface area contributed by atoms with Gasteiger partial charge in [-0.25, -0.2) is 17.8 Å². The van der Waals surface area contributed by atoms with Crippen LogP contribution in [0.4, 0.5) is 10.1 Å². The van der Waals surface area contributed by atoms with Crippen LogP contribution >= 0.6 is 0 Å². The van der Waals surface area contributed by atoms with Crippen LogP contribution in [0.25, 0.3) is 55.6 Å². The average molecular weight is 613 g/mol. The number of benzene rings is 1. The summed E-state index contributed by atoms with van der Waals surface area (Å²) in [5.41, 5.74) is 11.1. The Morgan fingerprint density at radius 3 is 2.43 bits per heavy atom. The largest absolute Gasteiger partial charge is 0.352 e. The van der Waals surface area contributed by atoms with Gasteiger partial charge in [0.1, 0.15) is 11.2 Å². The molecule has 5 N–H and O–H groups in total. The van der Waals surface area contributed by atoms with Crippen LogP contribution in [0.1, 0.15) is 31.7 Å². The Labute approximate surface area is 252 Å². The Morgan fingerprint density at radius 2 is 1.68 bits per heavy atom. The lowest BCUT2D eigenvalue weighted by molar-refractivity contribution is -0.123. The van der Waals surface area contributed by atoms with Gasteiger partial charge in [-0.3, -0.25) is 19.9 Å². The third-order valence-corrected chi connectivity index (χ3v) is 8.45. The van der Waals surface area contributed by atoms with Crippen molar-refractivity contribution in [2.24, 2.45) is 11.1 Å². The van der Waals surface area contributed by atoms with Gasteiger partial charge in [0.05, 0.1) is 35.0 Å². The summed E-state index contributed by atoms with van der Waals surface area (Å²) in [5.74, 6) is -0.735. The Kier molecular flexibility index (Phi) is 7.01. The third-order valence-electron chi connectivity index (χ3n) is 7.26. The number of rotatable bonds is 6. The molecule has 224 valence electrons. The van der Waals surface area contributed by atoms with Crippen molar-refractivity contribution in [3.8, 4) is 33.6 Å². The molecule has 0 aliphatic rings. The summed E-state index contributed by atoms with van der Waals surface area (Å²) in [6.07, 6.45) is 9.23. The smallest absolute Gasteiger partial charge is 0.229 e. The van der Waals surface area contributed by atoms with E-state index in [2.05, 4.69) is 35.5 Å². The zero-order valence-corrected chi connectivity index (χ0v) is 25.1. The van der Waals surface area contributed by atoms with Crippen LogP contribution in [0, 0.1) is 11.2 Å². The molecule has 6 rings (SSSR count). The Morgan fingerprint density at radius 1 is 0.932 bits per heavy atom. The molecule has 13 heteroatoms. The second-order valence-corrected chi connectivity index (χ2v) is 13.9. The zero-order chi connectivity index (χ0) is 31.4. The normalized spacial score (nSPS) is 13.0. The van der Waals surface area contributed by atoms with Gasteiger partial charge in [0.15, 0.2) is 15.5 Å². The van der Waals surface area contributed by atoms with E-state index in [1.54, 1.807) is 37.1 Å². The number of carbonyl (C=O) groups excluding carboxylic acids is 1. The molecule has 0 radical (unpaired) electrons. The molecule has 1 amide bonds. The molecular weight excluding hydrogens is 583 g/mol. The fourth-order valence-electron chi connectivity index (χ4n) is 4.84. The molecule has 44 heavy (non-hydrogen) atoms. The highest BCUT2D eigenvalue weighted by atomic mass is 32.2. The summed E-state index contributed by atoms with van der Waals surface area (Å²) in [6.45, 7) is 5.51. The summed E-state index contributed by atoms with van der Waals surface area (Å²) >= 11 is 0. The Balaban J connectivity index is 1.40. The first-order valence-corrected chi connectivity index (χ1v) is 15.6. The van der Waals surface area contributed by atoms with E-state index in [0.717, 1.165) is 34.2 Å². The SMILES string of the molecule is CC(C)(C)C(=O)Nc1cncc(-c2cnc3n[nH]c(-c4cc5c(-c6cc(F)cc(C(N)S(C)(=O)=O)c6)cncc5[nH]4)c3c2)c1. The molecule has 0 aliphatic heterocycles. The number of pyridine rings is 3. The van der Waals surface area contributed by atoms with E-state index in [4.69, 9.17) is 5.73 Å². The van der Waals surface area contributed by atoms with E-state index in [9.17, 15) is 17.6 Å². The van der Waals surface area contributed by atoms with Gasteiger partial charge in [0, 0.05) is 57.7 Å². The summed E-state index contributed by atoms with van der Waals surface area (Å²) in [6, 6.07) is 9.65. The Bertz CT molecular complexity index is 2180. The van der Waals surface area contributed by atoms with E-state index in [-0.39, 0.29) is 11.5 Å². The van der Waals surface area contributed by atoms with Crippen LogP contribution in [0.5, 0.6) is 0 Å². The molecule has 5 heterocycles. The maximum atomic E-state index is 14.7. The number of nitrogens with zero attached hydrogens (tertiary/aromatic N) is 4. The van der Waals surface area contributed by atoms with Crippen molar-refractivity contribution >= 4 is 43.4 Å². The molecule has 6 aromatic rings. The summed E-state index contributed by atoms with van der Waals surface area (Å²) in [7, 11) is -3.65. The number of fused-ring (bicyclic) bond motifs is 2. The first-order valence-electron chi connectivity index (χ1n) is 13.6. The highest BCUT2D eigenvalue weighted by Gasteiger charge is 2.22.